The summed E-state index contributed by atoms with van der Waals surface area (Å²) in [5, 5.41) is 12.0. The Bertz CT molecular complexity index is 1120. The number of hydrogen-bond acceptors (Lipinski definition) is 3. The van der Waals surface area contributed by atoms with Crippen LogP contribution in [0.4, 0.5) is 0 Å². The summed E-state index contributed by atoms with van der Waals surface area (Å²) in [4.78, 5) is 13.6. The number of halogens is 1. The molecule has 4 atom stereocenters. The lowest BCUT2D eigenvalue weighted by molar-refractivity contribution is -0.121. The van der Waals surface area contributed by atoms with Crippen LogP contribution in [0.2, 0.25) is 5.02 Å². The van der Waals surface area contributed by atoms with Crippen LogP contribution >= 0.6 is 11.6 Å². The molecule has 3 nitrogen and oxygen atoms in total. The first kappa shape index (κ1) is 19.8. The summed E-state index contributed by atoms with van der Waals surface area (Å²) in [6.07, 6.45) is 2.53. The highest BCUT2D eigenvalue weighted by atomic mass is 35.5. The lowest BCUT2D eigenvalue weighted by atomic mass is 9.68. The second-order valence-electron chi connectivity index (χ2n) is 9.49. The molecule has 0 spiro atoms. The van der Waals surface area contributed by atoms with E-state index >= 15 is 0 Å². The third-order valence-electron chi connectivity index (χ3n) is 7.57. The Morgan fingerprint density at radius 1 is 1.07 bits per heavy atom. The molecule has 2 bridgehead atoms. The second kappa shape index (κ2) is 6.45. The summed E-state index contributed by atoms with van der Waals surface area (Å²) in [7, 11) is 0. The highest BCUT2D eigenvalue weighted by Gasteiger charge is 2.69. The van der Waals surface area contributed by atoms with Gasteiger partial charge in [0.25, 0.3) is 0 Å². The van der Waals surface area contributed by atoms with Gasteiger partial charge in [-0.25, -0.2) is 0 Å². The number of carbonyl (C=O) groups is 1. The zero-order chi connectivity index (χ0) is 21.4. The third kappa shape index (κ3) is 2.58. The van der Waals surface area contributed by atoms with E-state index in [9.17, 15) is 9.90 Å². The smallest absolute Gasteiger partial charge is 0.173 e. The van der Waals surface area contributed by atoms with Crippen molar-refractivity contribution in [1.29, 1.82) is 0 Å². The van der Waals surface area contributed by atoms with Crippen molar-refractivity contribution in [2.45, 2.75) is 58.2 Å². The fourth-order valence-corrected chi connectivity index (χ4v) is 6.32. The van der Waals surface area contributed by atoms with E-state index in [0.29, 0.717) is 10.6 Å². The van der Waals surface area contributed by atoms with E-state index in [-0.39, 0.29) is 23.4 Å². The molecule has 2 aliphatic heterocycles. The van der Waals surface area contributed by atoms with Gasteiger partial charge in [-0.2, -0.15) is 0 Å². The molecule has 2 aromatic rings. The molecule has 2 unspecified atom stereocenters. The molecule has 2 saturated heterocycles. The maximum atomic E-state index is 13.6. The highest BCUT2D eigenvalue weighted by Crippen LogP contribution is 2.63. The normalized spacial score (nSPS) is 32.2. The van der Waals surface area contributed by atoms with Crippen LogP contribution in [0.15, 0.2) is 42.2 Å². The molecule has 1 aliphatic carbocycles. The fourth-order valence-electron chi connectivity index (χ4n) is 6.09. The largest absolute Gasteiger partial charge is 0.511 e. The summed E-state index contributed by atoms with van der Waals surface area (Å²) in [6.45, 7) is 8.20. The number of aliphatic hydroxyl groups excluding tert-OH is 1. The van der Waals surface area contributed by atoms with Crippen molar-refractivity contribution in [2.24, 2.45) is 11.8 Å². The van der Waals surface area contributed by atoms with Gasteiger partial charge in [-0.15, -0.1) is 0 Å². The van der Waals surface area contributed by atoms with Gasteiger partial charge < -0.3 is 9.84 Å². The summed E-state index contributed by atoms with van der Waals surface area (Å²) in [6, 6.07) is 12.1. The van der Waals surface area contributed by atoms with E-state index < -0.39 is 11.2 Å². The van der Waals surface area contributed by atoms with Crippen LogP contribution in [0.5, 0.6) is 0 Å². The minimum atomic E-state index is -0.483. The van der Waals surface area contributed by atoms with Crippen LogP contribution in [0.3, 0.4) is 0 Å². The van der Waals surface area contributed by atoms with Gasteiger partial charge in [0.2, 0.25) is 0 Å². The SMILES string of the molecule is CCc1ccc(-c2ccc(Cl)cc2C)cc1C1=C(O)[C@H]2[C@@H](C1=O)C1(C)CCC2(C)O1. The predicted molar refractivity (Wildman–Crippen MR) is 120 cm³/mol. The Kier molecular flexibility index (Phi) is 4.26. The van der Waals surface area contributed by atoms with Crippen molar-refractivity contribution in [1.82, 2.24) is 0 Å². The average molecular weight is 423 g/mol. The van der Waals surface area contributed by atoms with Crippen molar-refractivity contribution in [3.05, 3.63) is 63.9 Å². The van der Waals surface area contributed by atoms with E-state index in [2.05, 4.69) is 25.1 Å². The molecule has 4 heteroatoms. The molecule has 5 rings (SSSR count). The van der Waals surface area contributed by atoms with Crippen LogP contribution in [0.25, 0.3) is 16.7 Å². The average Bonchev–Trinajstić information content (AvgIpc) is 3.25. The maximum absolute atomic E-state index is 13.6. The maximum Gasteiger partial charge on any atom is 0.173 e. The van der Waals surface area contributed by atoms with Crippen molar-refractivity contribution in [3.63, 3.8) is 0 Å². The van der Waals surface area contributed by atoms with Crippen molar-refractivity contribution in [3.8, 4) is 11.1 Å². The van der Waals surface area contributed by atoms with Gasteiger partial charge in [0.1, 0.15) is 5.76 Å². The Morgan fingerprint density at radius 3 is 2.40 bits per heavy atom. The zero-order valence-corrected chi connectivity index (χ0v) is 18.6. The molecule has 3 aliphatic rings. The summed E-state index contributed by atoms with van der Waals surface area (Å²) >= 11 is 6.14. The van der Waals surface area contributed by atoms with Gasteiger partial charge in [0, 0.05) is 5.02 Å². The Morgan fingerprint density at radius 2 is 1.77 bits per heavy atom. The topological polar surface area (TPSA) is 46.5 Å². The van der Waals surface area contributed by atoms with Gasteiger partial charge in [-0.1, -0.05) is 36.7 Å². The molecule has 0 radical (unpaired) electrons. The number of hydrogen-bond donors (Lipinski definition) is 1. The molecule has 1 N–H and O–H groups in total. The number of ether oxygens (including phenoxy) is 1. The molecular formula is C26H27ClO3. The number of carbonyl (C=O) groups excluding carboxylic acids is 1. The number of rotatable bonds is 3. The van der Waals surface area contributed by atoms with E-state index in [1.165, 1.54) is 0 Å². The number of Topliss-reactive ketones (excluding diaryl/α,β-unsaturated/α-hetero) is 1. The molecule has 0 amide bonds. The molecule has 2 aromatic carbocycles. The summed E-state index contributed by atoms with van der Waals surface area (Å²) in [5.41, 5.74) is 4.67. The monoisotopic (exact) mass is 422 g/mol. The minimum Gasteiger partial charge on any atom is -0.511 e. The van der Waals surface area contributed by atoms with E-state index in [1.54, 1.807) is 0 Å². The Balaban J connectivity index is 1.67. The van der Waals surface area contributed by atoms with Crippen LogP contribution in [-0.2, 0) is 16.0 Å². The first-order chi connectivity index (χ1) is 14.2. The first-order valence-electron chi connectivity index (χ1n) is 10.8. The van der Waals surface area contributed by atoms with Crippen LogP contribution < -0.4 is 0 Å². The van der Waals surface area contributed by atoms with E-state index in [4.69, 9.17) is 16.3 Å². The quantitative estimate of drug-likeness (QED) is 0.630. The third-order valence-corrected chi connectivity index (χ3v) is 7.81. The standard InChI is InChI=1S/C26H27ClO3/c1-5-15-6-7-16(18-9-8-17(27)12-14(18)2)13-19(15)20-23(28)21-22(24(20)29)26(4)11-10-25(21,3)30-26/h6-9,12-13,21-22,28H,5,10-11H2,1-4H3/t21-,22+,25?,26?/m1/s1. The molecule has 0 aromatic heterocycles. The lowest BCUT2D eigenvalue weighted by Gasteiger charge is -2.30. The van der Waals surface area contributed by atoms with Crippen LogP contribution in [0, 0.1) is 18.8 Å². The Hall–Kier alpha value is -2.10. The van der Waals surface area contributed by atoms with Gasteiger partial charge in [0.05, 0.1) is 28.6 Å². The van der Waals surface area contributed by atoms with E-state index in [0.717, 1.165) is 47.1 Å². The van der Waals surface area contributed by atoms with Crippen molar-refractivity contribution < 1.29 is 14.6 Å². The molecule has 30 heavy (non-hydrogen) atoms. The summed E-state index contributed by atoms with van der Waals surface area (Å²) < 4.78 is 6.29. The number of benzene rings is 2. The predicted octanol–water partition coefficient (Wildman–Crippen LogP) is 6.30. The number of aryl methyl sites for hydroxylation is 2. The lowest BCUT2D eigenvalue weighted by Crippen LogP contribution is -2.39. The summed E-state index contributed by atoms with van der Waals surface area (Å²) in [5.74, 6) is -0.292. The van der Waals surface area contributed by atoms with Gasteiger partial charge in [0.15, 0.2) is 5.78 Å². The number of aliphatic hydroxyl groups is 1. The molecule has 0 saturated carbocycles. The van der Waals surface area contributed by atoms with Crippen LogP contribution in [-0.4, -0.2) is 22.1 Å². The molecular weight excluding hydrogens is 396 g/mol. The minimum absolute atomic E-state index is 0.0307. The zero-order valence-electron chi connectivity index (χ0n) is 17.9. The number of ketones is 1. The fraction of sp³-hybridized carbons (Fsp3) is 0.423. The molecule has 2 heterocycles. The molecule has 156 valence electrons. The van der Waals surface area contributed by atoms with Gasteiger partial charge >= 0.3 is 0 Å². The van der Waals surface area contributed by atoms with Crippen LogP contribution in [0.1, 0.15) is 50.3 Å². The van der Waals surface area contributed by atoms with Gasteiger partial charge in [-0.05, 0) is 86.1 Å². The first-order valence-corrected chi connectivity index (χ1v) is 11.1. The van der Waals surface area contributed by atoms with Crippen molar-refractivity contribution >= 4 is 23.0 Å². The van der Waals surface area contributed by atoms with Gasteiger partial charge in [-0.3, -0.25) is 4.79 Å². The Labute approximate surface area is 182 Å². The second-order valence-corrected chi connectivity index (χ2v) is 9.93. The van der Waals surface area contributed by atoms with Crippen molar-refractivity contribution in [2.75, 3.05) is 0 Å². The van der Waals surface area contributed by atoms with E-state index in [1.807, 2.05) is 39.0 Å². The number of fused-ring (bicyclic) bond motifs is 5. The molecule has 2 fully saturated rings. The number of allylic oxidation sites excluding steroid dienone is 1. The highest BCUT2D eigenvalue weighted by molar-refractivity contribution is 6.30.